The number of aliphatic hydroxyl groups excluding tert-OH is 1. The summed E-state index contributed by atoms with van der Waals surface area (Å²) >= 11 is 0. The Morgan fingerprint density at radius 1 is 0.970 bits per heavy atom. The van der Waals surface area contributed by atoms with Gasteiger partial charge in [-0.05, 0) is 17.9 Å². The Bertz CT molecular complexity index is 1150. The molecule has 2 N–H and O–H groups in total. The zero-order chi connectivity index (χ0) is 24.3. The van der Waals surface area contributed by atoms with Crippen molar-refractivity contribution in [2.45, 2.75) is 33.3 Å². The van der Waals surface area contributed by atoms with Crippen molar-refractivity contribution in [1.29, 1.82) is 0 Å². The van der Waals surface area contributed by atoms with Gasteiger partial charge in [-0.3, -0.25) is 4.79 Å². The molecule has 1 amide bonds. The maximum atomic E-state index is 13.9. The van der Waals surface area contributed by atoms with E-state index in [-0.39, 0.29) is 18.3 Å². The van der Waals surface area contributed by atoms with Crippen molar-refractivity contribution >= 4 is 11.7 Å². The highest BCUT2D eigenvalue weighted by atomic mass is 19.2. The molecule has 1 heterocycles. The topological polar surface area (TPSA) is 75.1 Å². The Labute approximate surface area is 186 Å². The van der Waals surface area contributed by atoms with E-state index >= 15 is 0 Å². The van der Waals surface area contributed by atoms with Crippen LogP contribution in [0.5, 0.6) is 0 Å². The molecule has 3 aromatic rings. The zero-order valence-corrected chi connectivity index (χ0v) is 17.7. The fourth-order valence-corrected chi connectivity index (χ4v) is 3.12. The van der Waals surface area contributed by atoms with Gasteiger partial charge >= 0.3 is 0 Å². The monoisotopic (exact) mass is 465 g/mol. The molecule has 5 nitrogen and oxygen atoms in total. The third-order valence-corrected chi connectivity index (χ3v) is 4.77. The van der Waals surface area contributed by atoms with Gasteiger partial charge in [-0.2, -0.15) is 0 Å². The molecule has 1 aromatic heterocycles. The van der Waals surface area contributed by atoms with Gasteiger partial charge < -0.3 is 10.4 Å². The van der Waals surface area contributed by atoms with E-state index in [1.165, 1.54) is 6.20 Å². The molecule has 0 bridgehead atoms. The lowest BCUT2D eigenvalue weighted by Gasteiger charge is -2.14. The van der Waals surface area contributed by atoms with Gasteiger partial charge in [-0.1, -0.05) is 38.1 Å². The number of hydrogen-bond acceptors (Lipinski definition) is 4. The van der Waals surface area contributed by atoms with Gasteiger partial charge in [0, 0.05) is 11.1 Å². The van der Waals surface area contributed by atoms with E-state index in [0.717, 1.165) is 0 Å². The number of amides is 1. The molecule has 0 saturated heterocycles. The second-order valence-corrected chi connectivity index (χ2v) is 7.78. The van der Waals surface area contributed by atoms with Crippen LogP contribution < -0.4 is 5.32 Å². The number of anilines is 1. The third kappa shape index (κ3) is 5.33. The Balaban J connectivity index is 1.89. The smallest absolute Gasteiger partial charge is 0.230 e. The SMILES string of the molecule is CC(C)Cc1nc(-c2ccc(CO)cc2)cnc1NC(=O)Cc1c(F)c(F)c(F)c(F)c1F. The number of carbonyl (C=O) groups is 1. The first-order chi connectivity index (χ1) is 15.6. The van der Waals surface area contributed by atoms with E-state index in [9.17, 15) is 31.9 Å². The average molecular weight is 465 g/mol. The van der Waals surface area contributed by atoms with Crippen molar-refractivity contribution in [1.82, 2.24) is 9.97 Å². The molecule has 0 aliphatic rings. The second-order valence-electron chi connectivity index (χ2n) is 7.78. The molecule has 10 heteroatoms. The molecule has 174 valence electrons. The molecule has 0 spiro atoms. The zero-order valence-electron chi connectivity index (χ0n) is 17.7. The Kier molecular flexibility index (Phi) is 7.37. The number of hydrogen-bond donors (Lipinski definition) is 2. The van der Waals surface area contributed by atoms with Gasteiger partial charge in [0.1, 0.15) is 0 Å². The van der Waals surface area contributed by atoms with Gasteiger partial charge in [0.25, 0.3) is 0 Å². The van der Waals surface area contributed by atoms with Crippen LogP contribution in [0.4, 0.5) is 27.8 Å². The Hall–Kier alpha value is -3.40. The summed E-state index contributed by atoms with van der Waals surface area (Å²) in [5.41, 5.74) is 1.07. The number of nitrogens with one attached hydrogen (secondary N) is 1. The van der Waals surface area contributed by atoms with Gasteiger partial charge in [0.15, 0.2) is 29.1 Å². The van der Waals surface area contributed by atoms with Crippen molar-refractivity contribution in [2.75, 3.05) is 5.32 Å². The van der Waals surface area contributed by atoms with Crippen molar-refractivity contribution in [3.05, 3.63) is 76.4 Å². The first-order valence-corrected chi connectivity index (χ1v) is 9.98. The summed E-state index contributed by atoms with van der Waals surface area (Å²) < 4.78 is 67.8. The van der Waals surface area contributed by atoms with Crippen LogP contribution >= 0.6 is 0 Å². The maximum absolute atomic E-state index is 13.9. The molecular formula is C23H20F5N3O2. The number of nitrogens with zero attached hydrogens (tertiary/aromatic N) is 2. The quantitative estimate of drug-likeness (QED) is 0.301. The van der Waals surface area contributed by atoms with Crippen LogP contribution in [-0.4, -0.2) is 21.0 Å². The average Bonchev–Trinajstić information content (AvgIpc) is 2.80. The minimum absolute atomic E-state index is 0.0216. The van der Waals surface area contributed by atoms with Crippen molar-refractivity contribution < 1.29 is 31.9 Å². The standard InChI is InChI=1S/C23H20F5N3O2/c1-11(2)7-15-23(29-9-16(30-15)13-5-3-12(10-32)4-6-13)31-17(33)8-14-18(24)20(26)22(28)21(27)19(14)25/h3-6,9,11,32H,7-8,10H2,1-2H3,(H,29,31,33). The fourth-order valence-electron chi connectivity index (χ4n) is 3.12. The first-order valence-electron chi connectivity index (χ1n) is 9.98. The van der Waals surface area contributed by atoms with Crippen LogP contribution in [0.3, 0.4) is 0 Å². The highest BCUT2D eigenvalue weighted by molar-refractivity contribution is 5.92. The van der Waals surface area contributed by atoms with Crippen LogP contribution in [0.25, 0.3) is 11.3 Å². The van der Waals surface area contributed by atoms with E-state index in [0.29, 0.717) is 28.9 Å². The summed E-state index contributed by atoms with van der Waals surface area (Å²) in [5, 5.41) is 11.5. The Morgan fingerprint density at radius 2 is 1.55 bits per heavy atom. The summed E-state index contributed by atoms with van der Waals surface area (Å²) in [6.45, 7) is 3.70. The lowest BCUT2D eigenvalue weighted by atomic mass is 10.1. The molecule has 0 aliphatic carbocycles. The van der Waals surface area contributed by atoms with Gasteiger partial charge in [-0.15, -0.1) is 0 Å². The number of benzene rings is 2. The van der Waals surface area contributed by atoms with Crippen molar-refractivity contribution in [2.24, 2.45) is 5.92 Å². The highest BCUT2D eigenvalue weighted by Crippen LogP contribution is 2.25. The molecule has 0 radical (unpaired) electrons. The number of aliphatic hydroxyl groups is 1. The molecule has 0 unspecified atom stereocenters. The molecule has 33 heavy (non-hydrogen) atoms. The predicted octanol–water partition coefficient (Wildman–Crippen LogP) is 4.71. The summed E-state index contributed by atoms with van der Waals surface area (Å²) in [4.78, 5) is 21.1. The number of halogens is 5. The van der Waals surface area contributed by atoms with Crippen LogP contribution in [0.2, 0.25) is 0 Å². The summed E-state index contributed by atoms with van der Waals surface area (Å²) in [5.74, 6) is -11.5. The van der Waals surface area contributed by atoms with Crippen LogP contribution in [0.1, 0.15) is 30.7 Å². The van der Waals surface area contributed by atoms with E-state index in [2.05, 4.69) is 15.3 Å². The second kappa shape index (κ2) is 10.0. The molecular weight excluding hydrogens is 445 g/mol. The minimum atomic E-state index is -2.29. The molecule has 0 atom stereocenters. The third-order valence-electron chi connectivity index (χ3n) is 4.77. The molecule has 0 saturated carbocycles. The molecule has 3 rings (SSSR count). The van der Waals surface area contributed by atoms with Gasteiger partial charge in [-0.25, -0.2) is 31.9 Å². The molecule has 0 aliphatic heterocycles. The molecule has 0 fully saturated rings. The number of aromatic nitrogens is 2. The summed E-state index contributed by atoms with van der Waals surface area (Å²) in [6, 6.07) is 6.93. The van der Waals surface area contributed by atoms with Crippen molar-refractivity contribution in [3.63, 3.8) is 0 Å². The number of rotatable bonds is 7. The molecule has 2 aromatic carbocycles. The summed E-state index contributed by atoms with van der Waals surface area (Å²) in [7, 11) is 0. The minimum Gasteiger partial charge on any atom is -0.392 e. The van der Waals surface area contributed by atoms with Crippen molar-refractivity contribution in [3.8, 4) is 11.3 Å². The predicted molar refractivity (Wildman–Crippen MR) is 110 cm³/mol. The van der Waals surface area contributed by atoms with Crippen LogP contribution in [0, 0.1) is 35.0 Å². The van der Waals surface area contributed by atoms with E-state index in [1.54, 1.807) is 24.3 Å². The first kappa shape index (κ1) is 24.2. The number of carbonyl (C=O) groups excluding carboxylic acids is 1. The maximum Gasteiger partial charge on any atom is 0.230 e. The van der Waals surface area contributed by atoms with Gasteiger partial charge in [0.2, 0.25) is 11.7 Å². The van der Waals surface area contributed by atoms with Gasteiger partial charge in [0.05, 0.1) is 30.6 Å². The highest BCUT2D eigenvalue weighted by Gasteiger charge is 2.27. The van der Waals surface area contributed by atoms with Crippen LogP contribution in [0.15, 0.2) is 30.5 Å². The van der Waals surface area contributed by atoms with E-state index in [1.807, 2.05) is 13.8 Å². The largest absolute Gasteiger partial charge is 0.392 e. The summed E-state index contributed by atoms with van der Waals surface area (Å²) in [6.07, 6.45) is 0.693. The Morgan fingerprint density at radius 3 is 2.09 bits per heavy atom. The van der Waals surface area contributed by atoms with E-state index < -0.39 is 47.0 Å². The van der Waals surface area contributed by atoms with Crippen LogP contribution in [-0.2, 0) is 24.2 Å². The fraction of sp³-hybridized carbons (Fsp3) is 0.261. The lowest BCUT2D eigenvalue weighted by molar-refractivity contribution is -0.115. The lowest BCUT2D eigenvalue weighted by Crippen LogP contribution is -2.20. The normalized spacial score (nSPS) is 11.2. The van der Waals surface area contributed by atoms with E-state index in [4.69, 9.17) is 0 Å².